The number of aliphatic imine (C=N–C) groups is 1. The van der Waals surface area contributed by atoms with Crippen molar-refractivity contribution in [3.63, 3.8) is 0 Å². The smallest absolute Gasteiger partial charge is 0.286 e. The van der Waals surface area contributed by atoms with E-state index in [-0.39, 0.29) is 28.2 Å². The first-order chi connectivity index (χ1) is 12.3. The highest BCUT2D eigenvalue weighted by atomic mass is 35.5. The molecule has 1 amide bonds. The highest BCUT2D eigenvalue weighted by Gasteiger charge is 2.26. The Balaban J connectivity index is 2.13. The lowest BCUT2D eigenvalue weighted by Crippen LogP contribution is -2.50. The van der Waals surface area contributed by atoms with Gasteiger partial charge in [0.25, 0.3) is 5.91 Å². The molecule has 0 atom stereocenters. The summed E-state index contributed by atoms with van der Waals surface area (Å²) >= 11 is 5.93. The Morgan fingerprint density at radius 3 is 2.38 bits per heavy atom. The van der Waals surface area contributed by atoms with E-state index in [2.05, 4.69) is 4.99 Å². The molecule has 1 saturated heterocycles. The molecule has 10 heteroatoms. The van der Waals surface area contributed by atoms with Crippen LogP contribution in [0.3, 0.4) is 0 Å². The molecule has 1 aromatic rings. The van der Waals surface area contributed by atoms with Crippen molar-refractivity contribution in [1.82, 2.24) is 5.01 Å². The van der Waals surface area contributed by atoms with Crippen molar-refractivity contribution in [2.75, 3.05) is 13.2 Å². The second-order valence-electron chi connectivity index (χ2n) is 5.69. The van der Waals surface area contributed by atoms with Gasteiger partial charge in [0.2, 0.25) is 0 Å². The number of allylic oxidation sites excluding steroid dienone is 1. The molecule has 26 heavy (non-hydrogen) atoms. The Morgan fingerprint density at radius 2 is 1.81 bits per heavy atom. The van der Waals surface area contributed by atoms with Gasteiger partial charge in [-0.15, -0.1) is 0 Å². The molecule has 1 heterocycles. The van der Waals surface area contributed by atoms with Gasteiger partial charge in [0.1, 0.15) is 22.5 Å². The number of rotatable bonds is 5. The molecule has 0 bridgehead atoms. The van der Waals surface area contributed by atoms with Gasteiger partial charge in [-0.1, -0.05) is 17.7 Å². The van der Waals surface area contributed by atoms with E-state index in [1.54, 1.807) is 0 Å². The van der Waals surface area contributed by atoms with Gasteiger partial charge in [0.05, 0.1) is 18.3 Å². The van der Waals surface area contributed by atoms with E-state index in [1.165, 1.54) is 6.07 Å². The number of benzene rings is 1. The number of hydrogen-bond acceptors (Lipinski definition) is 6. The highest BCUT2D eigenvalue weighted by Crippen LogP contribution is 2.16. The average molecular weight is 388 g/mol. The zero-order chi connectivity index (χ0) is 19.3. The zero-order valence-corrected chi connectivity index (χ0v) is 14.7. The predicted octanol–water partition coefficient (Wildman–Crippen LogP) is 1.11. The largest absolute Gasteiger partial charge is 0.394 e. The van der Waals surface area contributed by atoms with Crippen molar-refractivity contribution >= 4 is 22.7 Å². The van der Waals surface area contributed by atoms with Gasteiger partial charge >= 0.3 is 0 Å². The molecule has 0 aromatic heterocycles. The van der Waals surface area contributed by atoms with Crippen LogP contribution in [0.25, 0.3) is 0 Å². The monoisotopic (exact) mass is 387 g/mol. The number of hydrazine groups is 1. The Morgan fingerprint density at radius 1 is 1.23 bits per heavy atom. The summed E-state index contributed by atoms with van der Waals surface area (Å²) in [5, 5.41) is 0.657. The number of carbonyl (C=O) groups excluding carboxylic acids is 1. The molecule has 2 rings (SSSR count). The second kappa shape index (κ2) is 8.93. The predicted molar refractivity (Wildman–Crippen MR) is 93.6 cm³/mol. The fourth-order valence-electron chi connectivity index (χ4n) is 2.41. The SMILES string of the molecule is N/C(C(=O)N(N)C1CCOCC1)=C(/N)C(Cl)=NCc1c(F)cccc1F. The standard InChI is InChI=1S/C16H20ClF2N5O2/c17-15(23-8-10-11(18)2-1-3-12(10)19)13(20)14(21)16(25)24(22)9-4-6-26-7-5-9/h1-3,9H,4-8,20-22H2/b14-13+,23-15?. The van der Waals surface area contributed by atoms with Crippen LogP contribution in [0.5, 0.6) is 0 Å². The number of nitrogens with two attached hydrogens (primary N) is 3. The van der Waals surface area contributed by atoms with E-state index in [1.807, 2.05) is 0 Å². The van der Waals surface area contributed by atoms with Crippen molar-refractivity contribution in [1.29, 1.82) is 0 Å². The minimum atomic E-state index is -0.766. The summed E-state index contributed by atoms with van der Waals surface area (Å²) in [6, 6.07) is 3.19. The molecule has 1 aromatic carbocycles. The van der Waals surface area contributed by atoms with Crippen LogP contribution in [0.2, 0.25) is 0 Å². The van der Waals surface area contributed by atoms with Crippen LogP contribution in [-0.4, -0.2) is 35.3 Å². The lowest BCUT2D eigenvalue weighted by atomic mass is 10.1. The lowest BCUT2D eigenvalue weighted by Gasteiger charge is -2.30. The summed E-state index contributed by atoms with van der Waals surface area (Å²) in [7, 11) is 0. The number of ether oxygens (including phenoxy) is 1. The van der Waals surface area contributed by atoms with Gasteiger partial charge in [-0.05, 0) is 25.0 Å². The summed E-state index contributed by atoms with van der Waals surface area (Å²) < 4.78 is 32.4. The number of halogens is 3. The molecule has 0 saturated carbocycles. The van der Waals surface area contributed by atoms with Crippen molar-refractivity contribution in [2.24, 2.45) is 22.3 Å². The first-order valence-corrected chi connectivity index (χ1v) is 8.25. The van der Waals surface area contributed by atoms with E-state index >= 15 is 0 Å². The maximum absolute atomic E-state index is 13.6. The Labute approximate surface area is 154 Å². The highest BCUT2D eigenvalue weighted by molar-refractivity contribution is 6.69. The van der Waals surface area contributed by atoms with Crippen LogP contribution in [0.1, 0.15) is 18.4 Å². The van der Waals surface area contributed by atoms with Crippen LogP contribution in [-0.2, 0) is 16.1 Å². The van der Waals surface area contributed by atoms with Crippen molar-refractivity contribution in [3.05, 3.63) is 46.8 Å². The van der Waals surface area contributed by atoms with Gasteiger partial charge in [-0.3, -0.25) is 14.8 Å². The molecule has 6 N–H and O–H groups in total. The minimum absolute atomic E-state index is 0.231. The second-order valence-corrected chi connectivity index (χ2v) is 6.05. The number of amides is 1. The fourth-order valence-corrected chi connectivity index (χ4v) is 2.57. The first-order valence-electron chi connectivity index (χ1n) is 7.87. The zero-order valence-electron chi connectivity index (χ0n) is 13.9. The van der Waals surface area contributed by atoms with Crippen LogP contribution in [0.15, 0.2) is 34.6 Å². The topological polar surface area (TPSA) is 120 Å². The van der Waals surface area contributed by atoms with Gasteiger partial charge < -0.3 is 16.2 Å². The molecule has 142 valence electrons. The number of nitrogens with zero attached hydrogens (tertiary/aromatic N) is 2. The molecule has 0 aliphatic carbocycles. The molecule has 0 radical (unpaired) electrons. The van der Waals surface area contributed by atoms with Crippen molar-refractivity contribution in [2.45, 2.75) is 25.4 Å². The molecule has 0 unspecified atom stereocenters. The molecule has 1 aliphatic heterocycles. The number of carbonyl (C=O) groups is 1. The lowest BCUT2D eigenvalue weighted by molar-refractivity contribution is -0.131. The summed E-state index contributed by atoms with van der Waals surface area (Å²) in [4.78, 5) is 16.1. The molecule has 0 spiro atoms. The third-order valence-electron chi connectivity index (χ3n) is 4.00. The quantitative estimate of drug-likeness (QED) is 0.230. The van der Waals surface area contributed by atoms with E-state index < -0.39 is 24.1 Å². The summed E-state index contributed by atoms with van der Waals surface area (Å²) in [6.45, 7) is 0.578. The molecule has 7 nitrogen and oxygen atoms in total. The van der Waals surface area contributed by atoms with E-state index in [4.69, 9.17) is 33.6 Å². The van der Waals surface area contributed by atoms with Gasteiger partial charge in [0.15, 0.2) is 0 Å². The third kappa shape index (κ3) is 4.69. The molecule has 1 fully saturated rings. The molecular weight excluding hydrogens is 368 g/mol. The summed E-state index contributed by atoms with van der Waals surface area (Å²) in [5.41, 5.74) is 10.5. The third-order valence-corrected chi connectivity index (χ3v) is 4.32. The Bertz CT molecular complexity index is 715. The Hall–Kier alpha value is -2.23. The Kier molecular flexibility index (Phi) is 6.90. The van der Waals surface area contributed by atoms with Gasteiger partial charge in [-0.2, -0.15) is 0 Å². The van der Waals surface area contributed by atoms with Crippen molar-refractivity contribution in [3.8, 4) is 0 Å². The maximum atomic E-state index is 13.6. The van der Waals surface area contributed by atoms with Crippen LogP contribution in [0.4, 0.5) is 8.78 Å². The van der Waals surface area contributed by atoms with Gasteiger partial charge in [-0.25, -0.2) is 14.6 Å². The maximum Gasteiger partial charge on any atom is 0.286 e. The van der Waals surface area contributed by atoms with Crippen LogP contribution in [0, 0.1) is 11.6 Å². The van der Waals surface area contributed by atoms with Crippen LogP contribution >= 0.6 is 11.6 Å². The summed E-state index contributed by atoms with van der Waals surface area (Å²) in [6.07, 6.45) is 1.15. The average Bonchev–Trinajstić information content (AvgIpc) is 2.65. The summed E-state index contributed by atoms with van der Waals surface area (Å²) in [5.74, 6) is 3.57. The molecule has 1 aliphatic rings. The van der Waals surface area contributed by atoms with E-state index in [0.29, 0.717) is 26.1 Å². The van der Waals surface area contributed by atoms with Gasteiger partial charge in [0, 0.05) is 18.8 Å². The van der Waals surface area contributed by atoms with E-state index in [0.717, 1.165) is 17.1 Å². The first kappa shape index (κ1) is 20.1. The molecular formula is C16H20ClF2N5O2. The fraction of sp³-hybridized carbons (Fsp3) is 0.375. The minimum Gasteiger partial charge on any atom is -0.394 e. The normalized spacial score (nSPS) is 17.0. The van der Waals surface area contributed by atoms with E-state index in [9.17, 15) is 13.6 Å². The van der Waals surface area contributed by atoms with Crippen LogP contribution < -0.4 is 17.3 Å². The van der Waals surface area contributed by atoms with Crippen molar-refractivity contribution < 1.29 is 18.3 Å². The number of hydrogen-bond donors (Lipinski definition) is 3.